The average molecular weight is 219 g/mol. The number of nitrogens with one attached hydrogen (secondary N) is 1. The fourth-order valence-corrected chi connectivity index (χ4v) is 0.867. The highest BCUT2D eigenvalue weighted by atomic mass is 19.4. The lowest BCUT2D eigenvalue weighted by atomic mass is 10.2. The molecule has 15 heavy (non-hydrogen) atoms. The van der Waals surface area contributed by atoms with Crippen molar-refractivity contribution in [2.45, 2.75) is 13.1 Å². The number of carbonyl (C=O) groups excluding carboxylic acids is 1. The maximum atomic E-state index is 12.2. The molecule has 0 aromatic heterocycles. The van der Waals surface area contributed by atoms with E-state index in [0.717, 1.165) is 12.1 Å². The Balaban J connectivity index is 2.79. The van der Waals surface area contributed by atoms with Gasteiger partial charge in [0.25, 0.3) is 0 Å². The molecule has 0 saturated carbocycles. The van der Waals surface area contributed by atoms with Gasteiger partial charge >= 0.3 is 6.18 Å². The maximum absolute atomic E-state index is 12.2. The van der Waals surface area contributed by atoms with Crippen LogP contribution in [0, 0.1) is 0 Å². The van der Waals surface area contributed by atoms with Gasteiger partial charge in [-0.2, -0.15) is 18.7 Å². The zero-order valence-corrected chi connectivity index (χ0v) is 7.76. The number of rotatable bonds is 2. The van der Waals surface area contributed by atoms with Crippen LogP contribution in [0.15, 0.2) is 24.3 Å². The minimum absolute atomic E-state index is 0.0694. The first-order chi connectivity index (χ1) is 6.89. The molecule has 3 nitrogen and oxygen atoms in total. The molecule has 0 radical (unpaired) electrons. The van der Waals surface area contributed by atoms with Gasteiger partial charge in [0.2, 0.25) is 5.91 Å². The van der Waals surface area contributed by atoms with Crippen LogP contribution in [0.4, 0.5) is 13.2 Å². The minimum Gasteiger partial charge on any atom is -0.380 e. The summed E-state index contributed by atoms with van der Waals surface area (Å²) in [7, 11) is 0. The van der Waals surface area contributed by atoms with Crippen LogP contribution in [0.3, 0.4) is 0 Å². The summed E-state index contributed by atoms with van der Waals surface area (Å²) >= 11 is 0. The molecule has 1 aromatic carbocycles. The van der Waals surface area contributed by atoms with Crippen LogP contribution in [0.1, 0.15) is 12.5 Å². The number of alkyl halides is 3. The lowest BCUT2D eigenvalue weighted by molar-refractivity contribution is -0.137. The average Bonchev–Trinajstić information content (AvgIpc) is 2.14. The van der Waals surface area contributed by atoms with Crippen LogP contribution in [0.5, 0.6) is 5.75 Å². The Bertz CT molecular complexity index is 363. The van der Waals surface area contributed by atoms with Gasteiger partial charge in [0.1, 0.15) is 0 Å². The first-order valence-electron chi connectivity index (χ1n) is 4.00. The molecule has 82 valence electrons. The number of hydrogen-bond donors (Lipinski definition) is 1. The molecule has 0 aliphatic rings. The summed E-state index contributed by atoms with van der Waals surface area (Å²) in [6.07, 6.45) is -4.42. The monoisotopic (exact) mass is 219 g/mol. The summed E-state index contributed by atoms with van der Waals surface area (Å²) in [6, 6.07) is 4.22. The molecule has 0 bridgehead atoms. The quantitative estimate of drug-likeness (QED) is 0.774. The van der Waals surface area contributed by atoms with Crippen molar-refractivity contribution in [3.8, 4) is 5.75 Å². The molecule has 0 atom stereocenters. The summed E-state index contributed by atoms with van der Waals surface area (Å²) in [5.41, 5.74) is 1.11. The highest BCUT2D eigenvalue weighted by Gasteiger charge is 2.30. The Kier molecular flexibility index (Phi) is 3.18. The number of benzene rings is 1. The van der Waals surface area contributed by atoms with Gasteiger partial charge in [0.05, 0.1) is 5.56 Å². The van der Waals surface area contributed by atoms with Crippen LogP contribution in [0.2, 0.25) is 0 Å². The second kappa shape index (κ2) is 4.20. The molecule has 1 amide bonds. The van der Waals surface area contributed by atoms with Crippen molar-refractivity contribution in [2.75, 3.05) is 0 Å². The number of halogens is 3. The van der Waals surface area contributed by atoms with Gasteiger partial charge in [-0.1, -0.05) is 6.07 Å². The van der Waals surface area contributed by atoms with Crippen molar-refractivity contribution >= 4 is 5.91 Å². The molecule has 0 unspecified atom stereocenters. The third kappa shape index (κ3) is 3.49. The van der Waals surface area contributed by atoms with Gasteiger partial charge in [-0.25, -0.2) is 0 Å². The topological polar surface area (TPSA) is 38.3 Å². The lowest BCUT2D eigenvalue weighted by Crippen LogP contribution is -2.23. The molecule has 0 spiro atoms. The molecule has 0 fully saturated rings. The summed E-state index contributed by atoms with van der Waals surface area (Å²) in [5, 5.41) is 0. The predicted molar refractivity (Wildman–Crippen MR) is 45.9 cm³/mol. The Hall–Kier alpha value is -1.72. The van der Waals surface area contributed by atoms with E-state index in [9.17, 15) is 18.0 Å². The van der Waals surface area contributed by atoms with E-state index < -0.39 is 17.6 Å². The predicted octanol–water partition coefficient (Wildman–Crippen LogP) is 2.14. The third-order valence-corrected chi connectivity index (χ3v) is 1.47. The van der Waals surface area contributed by atoms with E-state index in [0.29, 0.717) is 0 Å². The minimum atomic E-state index is -4.42. The number of hydroxylamine groups is 1. The van der Waals surface area contributed by atoms with Crippen molar-refractivity contribution in [1.82, 2.24) is 5.48 Å². The first kappa shape index (κ1) is 11.4. The summed E-state index contributed by atoms with van der Waals surface area (Å²) in [4.78, 5) is 15.0. The van der Waals surface area contributed by atoms with Crippen molar-refractivity contribution in [1.29, 1.82) is 0 Å². The van der Waals surface area contributed by atoms with E-state index >= 15 is 0 Å². The molecule has 0 saturated heterocycles. The van der Waals surface area contributed by atoms with Crippen LogP contribution >= 0.6 is 0 Å². The summed E-state index contributed by atoms with van der Waals surface area (Å²) < 4.78 is 36.7. The van der Waals surface area contributed by atoms with Crippen LogP contribution in [-0.4, -0.2) is 5.91 Å². The van der Waals surface area contributed by atoms with Gasteiger partial charge in [0, 0.05) is 6.92 Å². The fourth-order valence-electron chi connectivity index (χ4n) is 0.867. The number of amides is 1. The van der Waals surface area contributed by atoms with Crippen molar-refractivity contribution in [3.05, 3.63) is 29.8 Å². The Morgan fingerprint density at radius 2 is 2.07 bits per heavy atom. The Morgan fingerprint density at radius 1 is 1.40 bits per heavy atom. The zero-order valence-electron chi connectivity index (χ0n) is 7.76. The van der Waals surface area contributed by atoms with Crippen molar-refractivity contribution in [3.63, 3.8) is 0 Å². The fraction of sp³-hybridized carbons (Fsp3) is 0.222. The maximum Gasteiger partial charge on any atom is 0.416 e. The molecular formula is C9H8F3NO2. The SMILES string of the molecule is CC(=O)NOc1cccc(C(F)(F)F)c1. The van der Waals surface area contributed by atoms with Gasteiger partial charge in [-0.15, -0.1) is 0 Å². The number of hydrogen-bond acceptors (Lipinski definition) is 2. The van der Waals surface area contributed by atoms with Gasteiger partial charge in [-0.05, 0) is 18.2 Å². The molecule has 0 aliphatic carbocycles. The molecule has 6 heteroatoms. The van der Waals surface area contributed by atoms with Gasteiger partial charge < -0.3 is 4.84 Å². The highest BCUT2D eigenvalue weighted by Crippen LogP contribution is 2.30. The van der Waals surface area contributed by atoms with E-state index in [1.54, 1.807) is 0 Å². The van der Waals surface area contributed by atoms with Gasteiger partial charge in [0.15, 0.2) is 5.75 Å². The van der Waals surface area contributed by atoms with E-state index in [4.69, 9.17) is 0 Å². The molecule has 1 N–H and O–H groups in total. The Morgan fingerprint density at radius 3 is 2.60 bits per heavy atom. The highest BCUT2D eigenvalue weighted by molar-refractivity contribution is 5.71. The Labute approximate surface area is 83.8 Å². The molecule has 1 aromatic rings. The molecular weight excluding hydrogens is 211 g/mol. The largest absolute Gasteiger partial charge is 0.416 e. The standard InChI is InChI=1S/C9H8F3NO2/c1-6(14)13-15-8-4-2-3-7(5-8)9(10,11)12/h2-5H,1H3,(H,13,14). The van der Waals surface area contributed by atoms with Crippen molar-refractivity contribution < 1.29 is 22.8 Å². The molecule has 1 rings (SSSR count). The van der Waals surface area contributed by atoms with E-state index in [1.165, 1.54) is 19.1 Å². The second-order valence-electron chi connectivity index (χ2n) is 2.79. The number of carbonyl (C=O) groups is 1. The lowest BCUT2D eigenvalue weighted by Gasteiger charge is -2.09. The third-order valence-electron chi connectivity index (χ3n) is 1.47. The smallest absolute Gasteiger partial charge is 0.380 e. The second-order valence-corrected chi connectivity index (χ2v) is 2.79. The van der Waals surface area contributed by atoms with Crippen molar-refractivity contribution in [2.24, 2.45) is 0 Å². The van der Waals surface area contributed by atoms with E-state index in [1.807, 2.05) is 5.48 Å². The summed E-state index contributed by atoms with van der Waals surface area (Å²) in [6.45, 7) is 1.19. The van der Waals surface area contributed by atoms with E-state index in [2.05, 4.69) is 4.84 Å². The van der Waals surface area contributed by atoms with E-state index in [-0.39, 0.29) is 5.75 Å². The zero-order chi connectivity index (χ0) is 11.5. The molecule has 0 aliphatic heterocycles. The van der Waals surface area contributed by atoms with Crippen LogP contribution in [0.25, 0.3) is 0 Å². The van der Waals surface area contributed by atoms with Crippen LogP contribution < -0.4 is 10.3 Å². The first-order valence-corrected chi connectivity index (χ1v) is 4.00. The summed E-state index contributed by atoms with van der Waals surface area (Å²) in [5.74, 6) is -0.563. The van der Waals surface area contributed by atoms with Gasteiger partial charge in [-0.3, -0.25) is 4.79 Å². The normalized spacial score (nSPS) is 10.9. The van der Waals surface area contributed by atoms with Crippen LogP contribution in [-0.2, 0) is 11.0 Å². The molecule has 0 heterocycles.